The normalized spacial score (nSPS) is 30.0. The van der Waals surface area contributed by atoms with Crippen LogP contribution in [0, 0.1) is 5.92 Å². The second-order valence-corrected chi connectivity index (χ2v) is 8.68. The molecule has 1 aromatic rings. The molecule has 2 atom stereocenters. The van der Waals surface area contributed by atoms with Gasteiger partial charge in [0.2, 0.25) is 11.9 Å². The maximum atomic E-state index is 12.7. The molecule has 1 aliphatic carbocycles. The first-order valence-corrected chi connectivity index (χ1v) is 11.2. The highest BCUT2D eigenvalue weighted by molar-refractivity contribution is 5.79. The van der Waals surface area contributed by atoms with Crippen LogP contribution in [0.5, 0.6) is 0 Å². The van der Waals surface area contributed by atoms with Gasteiger partial charge in [0.15, 0.2) is 5.82 Å². The van der Waals surface area contributed by atoms with E-state index in [0.29, 0.717) is 36.7 Å². The summed E-state index contributed by atoms with van der Waals surface area (Å²) in [6.07, 6.45) is 7.45. The van der Waals surface area contributed by atoms with Gasteiger partial charge in [-0.3, -0.25) is 4.79 Å². The van der Waals surface area contributed by atoms with Crippen LogP contribution in [0.15, 0.2) is 6.20 Å². The molecule has 2 aliphatic heterocycles. The van der Waals surface area contributed by atoms with E-state index in [9.17, 15) is 4.79 Å². The van der Waals surface area contributed by atoms with E-state index in [4.69, 9.17) is 15.2 Å². The summed E-state index contributed by atoms with van der Waals surface area (Å²) >= 11 is 0. The van der Waals surface area contributed by atoms with E-state index in [1.165, 1.54) is 0 Å². The van der Waals surface area contributed by atoms with Crippen LogP contribution in [-0.2, 0) is 14.3 Å². The molecule has 0 spiro atoms. The Morgan fingerprint density at radius 1 is 1.10 bits per heavy atom. The summed E-state index contributed by atoms with van der Waals surface area (Å²) in [6.45, 7) is 5.58. The molecule has 3 aliphatic rings. The van der Waals surface area contributed by atoms with Crippen LogP contribution in [0.2, 0.25) is 0 Å². The second kappa shape index (κ2) is 9.78. The highest BCUT2D eigenvalue weighted by Crippen LogP contribution is 2.29. The van der Waals surface area contributed by atoms with E-state index >= 15 is 0 Å². The Labute approximate surface area is 178 Å². The van der Waals surface area contributed by atoms with Crippen LogP contribution in [0.3, 0.4) is 0 Å². The molecule has 4 N–H and O–H groups in total. The van der Waals surface area contributed by atoms with Crippen LogP contribution in [0.1, 0.15) is 45.4 Å². The minimum atomic E-state index is 0.122. The zero-order chi connectivity index (χ0) is 20.9. The number of carbonyl (C=O) groups excluding carboxylic acids is 1. The van der Waals surface area contributed by atoms with Gasteiger partial charge in [0.1, 0.15) is 0 Å². The Balaban J connectivity index is 1.29. The van der Waals surface area contributed by atoms with E-state index in [-0.39, 0.29) is 24.0 Å². The standard InChI is InChI=1S/C21H34N6O3/c1-14-12-17(6-9-30-14)25-21-23-13-18(22)19(26-21)24-16-4-2-15(3-5-16)20(28)27-7-10-29-11-8-27/h13-17H,2-12,22H2,1H3,(H2,23,24,25,26)/t14-,15?,16?,17-/m0/s1. The molecule has 0 aromatic carbocycles. The SMILES string of the molecule is C[C@H]1C[C@@H](Nc2ncc(N)c(NC3CCC(C(=O)N4CCOCC4)CC3)n2)CCO1. The Morgan fingerprint density at radius 2 is 1.87 bits per heavy atom. The highest BCUT2D eigenvalue weighted by atomic mass is 16.5. The number of hydrogen-bond acceptors (Lipinski definition) is 8. The van der Waals surface area contributed by atoms with Crippen LogP contribution < -0.4 is 16.4 Å². The Hall–Kier alpha value is -2.13. The number of amides is 1. The largest absolute Gasteiger partial charge is 0.394 e. The maximum Gasteiger partial charge on any atom is 0.225 e. The fraction of sp³-hybridized carbons (Fsp3) is 0.762. The fourth-order valence-corrected chi connectivity index (χ4v) is 4.61. The smallest absolute Gasteiger partial charge is 0.225 e. The van der Waals surface area contributed by atoms with Gasteiger partial charge in [0.05, 0.1) is 31.2 Å². The number of nitrogen functional groups attached to an aromatic ring is 1. The minimum absolute atomic E-state index is 0.122. The van der Waals surface area contributed by atoms with Crippen molar-refractivity contribution in [1.82, 2.24) is 14.9 Å². The lowest BCUT2D eigenvalue weighted by molar-refractivity contribution is -0.140. The van der Waals surface area contributed by atoms with Gasteiger partial charge in [0, 0.05) is 37.7 Å². The summed E-state index contributed by atoms with van der Waals surface area (Å²) in [5, 5.41) is 6.91. The molecule has 3 fully saturated rings. The number of hydrogen-bond donors (Lipinski definition) is 3. The highest BCUT2D eigenvalue weighted by Gasteiger charge is 2.30. The number of rotatable bonds is 5. The summed E-state index contributed by atoms with van der Waals surface area (Å²) < 4.78 is 11.0. The zero-order valence-corrected chi connectivity index (χ0v) is 17.8. The molecular weight excluding hydrogens is 384 g/mol. The van der Waals surface area contributed by atoms with Crippen molar-refractivity contribution in [3.05, 3.63) is 6.20 Å². The molecular formula is C21H34N6O3. The van der Waals surface area contributed by atoms with Crippen molar-refractivity contribution in [2.75, 3.05) is 49.3 Å². The van der Waals surface area contributed by atoms with Crippen molar-refractivity contribution in [1.29, 1.82) is 0 Å². The Kier molecular flexibility index (Phi) is 6.89. The van der Waals surface area contributed by atoms with Crippen LogP contribution in [-0.4, -0.2) is 71.9 Å². The molecule has 3 heterocycles. The van der Waals surface area contributed by atoms with E-state index in [0.717, 1.165) is 58.2 Å². The summed E-state index contributed by atoms with van der Waals surface area (Å²) in [6, 6.07) is 0.582. The van der Waals surface area contributed by atoms with Crippen LogP contribution in [0.25, 0.3) is 0 Å². The number of ether oxygens (including phenoxy) is 2. The average molecular weight is 419 g/mol. The first-order chi connectivity index (χ1) is 14.6. The lowest BCUT2D eigenvalue weighted by atomic mass is 9.85. The average Bonchev–Trinajstić information content (AvgIpc) is 2.77. The van der Waals surface area contributed by atoms with Crippen LogP contribution in [0.4, 0.5) is 17.5 Å². The summed E-state index contributed by atoms with van der Waals surface area (Å²) in [4.78, 5) is 23.7. The topological polar surface area (TPSA) is 115 Å². The van der Waals surface area contributed by atoms with E-state index < -0.39 is 0 Å². The molecule has 9 heteroatoms. The lowest BCUT2D eigenvalue weighted by Gasteiger charge is -2.34. The third-order valence-electron chi connectivity index (χ3n) is 6.38. The summed E-state index contributed by atoms with van der Waals surface area (Å²) in [5.74, 6) is 1.68. The molecule has 0 unspecified atom stereocenters. The molecule has 9 nitrogen and oxygen atoms in total. The first-order valence-electron chi connectivity index (χ1n) is 11.2. The van der Waals surface area contributed by atoms with Gasteiger partial charge in [-0.2, -0.15) is 4.98 Å². The molecule has 4 rings (SSSR count). The van der Waals surface area contributed by atoms with E-state index in [2.05, 4.69) is 27.5 Å². The number of nitrogens with one attached hydrogen (secondary N) is 2. The van der Waals surface area contributed by atoms with Crippen molar-refractivity contribution in [3.63, 3.8) is 0 Å². The fourth-order valence-electron chi connectivity index (χ4n) is 4.61. The Morgan fingerprint density at radius 3 is 2.60 bits per heavy atom. The van der Waals surface area contributed by atoms with Crippen molar-refractivity contribution in [2.24, 2.45) is 5.92 Å². The third kappa shape index (κ3) is 5.31. The monoisotopic (exact) mass is 418 g/mol. The zero-order valence-electron chi connectivity index (χ0n) is 17.8. The number of anilines is 3. The predicted octanol–water partition coefficient (Wildman–Crippen LogP) is 1.87. The first kappa shape index (κ1) is 21.1. The summed E-state index contributed by atoms with van der Waals surface area (Å²) in [7, 11) is 0. The number of aromatic nitrogens is 2. The molecule has 1 aromatic heterocycles. The van der Waals surface area contributed by atoms with Gasteiger partial charge >= 0.3 is 0 Å². The van der Waals surface area contributed by atoms with Gasteiger partial charge < -0.3 is 30.7 Å². The molecule has 1 amide bonds. The molecule has 30 heavy (non-hydrogen) atoms. The van der Waals surface area contributed by atoms with Crippen molar-refractivity contribution >= 4 is 23.4 Å². The maximum absolute atomic E-state index is 12.7. The Bertz CT molecular complexity index is 719. The van der Waals surface area contributed by atoms with Crippen LogP contribution >= 0.6 is 0 Å². The quantitative estimate of drug-likeness (QED) is 0.664. The van der Waals surface area contributed by atoms with Gasteiger partial charge in [-0.15, -0.1) is 0 Å². The van der Waals surface area contributed by atoms with Crippen molar-refractivity contribution < 1.29 is 14.3 Å². The second-order valence-electron chi connectivity index (χ2n) is 8.68. The molecule has 2 saturated heterocycles. The van der Waals surface area contributed by atoms with E-state index in [1.807, 2.05) is 4.90 Å². The van der Waals surface area contributed by atoms with Crippen molar-refractivity contribution in [3.8, 4) is 0 Å². The number of carbonyl (C=O) groups is 1. The van der Waals surface area contributed by atoms with Gasteiger partial charge in [-0.25, -0.2) is 4.98 Å². The lowest BCUT2D eigenvalue weighted by Crippen LogP contribution is -2.45. The summed E-state index contributed by atoms with van der Waals surface area (Å²) in [5.41, 5.74) is 6.68. The van der Waals surface area contributed by atoms with Gasteiger partial charge in [-0.05, 0) is 45.4 Å². The molecule has 166 valence electrons. The third-order valence-corrected chi connectivity index (χ3v) is 6.38. The van der Waals surface area contributed by atoms with Crippen molar-refractivity contribution in [2.45, 2.75) is 63.6 Å². The molecule has 1 saturated carbocycles. The van der Waals surface area contributed by atoms with E-state index in [1.54, 1.807) is 6.20 Å². The number of nitrogens with two attached hydrogens (primary N) is 1. The molecule has 0 bridgehead atoms. The predicted molar refractivity (Wildman–Crippen MR) is 115 cm³/mol. The van der Waals surface area contributed by atoms with Gasteiger partial charge in [-0.1, -0.05) is 0 Å². The molecule has 0 radical (unpaired) electrons. The van der Waals surface area contributed by atoms with Gasteiger partial charge in [0.25, 0.3) is 0 Å². The number of morpholine rings is 1. The number of nitrogens with zero attached hydrogens (tertiary/aromatic N) is 3. The minimum Gasteiger partial charge on any atom is -0.394 e.